The molecule has 23 heavy (non-hydrogen) atoms. The molecule has 1 aromatic heterocycles. The Hall–Kier alpha value is -2.33. The zero-order valence-corrected chi connectivity index (χ0v) is 12.1. The molecule has 0 aliphatic heterocycles. The van der Waals surface area contributed by atoms with Gasteiger partial charge in [0.15, 0.2) is 0 Å². The van der Waals surface area contributed by atoms with Crippen LogP contribution in [0.15, 0.2) is 18.3 Å². The molecule has 0 unspecified atom stereocenters. The van der Waals surface area contributed by atoms with Gasteiger partial charge in [-0.05, 0) is 12.1 Å². The van der Waals surface area contributed by atoms with E-state index in [-0.39, 0.29) is 0 Å². The minimum atomic E-state index is -4.72. The molecular weight excluding hydrogens is 366 g/mol. The number of alkyl halides is 3. The molecule has 1 heterocycles. The molecule has 122 valence electrons. The van der Waals surface area contributed by atoms with Gasteiger partial charge in [0, 0.05) is 0 Å². The molecule has 0 aliphatic rings. The van der Waals surface area contributed by atoms with Crippen LogP contribution >= 0.6 is 23.2 Å². The van der Waals surface area contributed by atoms with E-state index < -0.39 is 49.7 Å². The third-order valence-electron chi connectivity index (χ3n) is 2.71. The van der Waals surface area contributed by atoms with Crippen LogP contribution in [0.25, 0.3) is 5.69 Å². The number of hydrogen-bond donors (Lipinski definition) is 1. The molecule has 0 saturated carbocycles. The van der Waals surface area contributed by atoms with E-state index in [1.807, 2.05) is 0 Å². The normalized spacial score (nSPS) is 11.5. The van der Waals surface area contributed by atoms with Gasteiger partial charge in [0.1, 0.15) is 11.9 Å². The standard InChI is InChI=1S/C11H4Cl2F3N3O4/c12-5-1-4(11(14,15)16)2-6(13)8(5)18-9(10(20)21)7(3-17-18)19(22)23/h1-3H,(H,20,21). The first-order valence-corrected chi connectivity index (χ1v) is 6.32. The molecule has 7 nitrogen and oxygen atoms in total. The number of carboxylic acid groups (broad SMARTS) is 1. The Labute approximate surface area is 135 Å². The van der Waals surface area contributed by atoms with Crippen molar-refractivity contribution in [3.05, 3.63) is 49.7 Å². The van der Waals surface area contributed by atoms with E-state index in [0.29, 0.717) is 23.0 Å². The SMILES string of the molecule is O=C(O)c1c([N+](=O)[O-])cnn1-c1c(Cl)cc(C(F)(F)F)cc1Cl. The number of aromatic nitrogens is 2. The predicted molar refractivity (Wildman–Crippen MR) is 72.2 cm³/mol. The van der Waals surface area contributed by atoms with Gasteiger partial charge < -0.3 is 5.11 Å². The van der Waals surface area contributed by atoms with E-state index in [1.54, 1.807) is 0 Å². The van der Waals surface area contributed by atoms with Crippen molar-refractivity contribution in [3.8, 4) is 5.69 Å². The lowest BCUT2D eigenvalue weighted by atomic mass is 10.2. The van der Waals surface area contributed by atoms with E-state index in [9.17, 15) is 28.1 Å². The Balaban J connectivity index is 2.74. The van der Waals surface area contributed by atoms with Crippen molar-refractivity contribution in [2.45, 2.75) is 6.18 Å². The van der Waals surface area contributed by atoms with E-state index in [2.05, 4.69) is 5.10 Å². The van der Waals surface area contributed by atoms with Crippen molar-refractivity contribution in [2.24, 2.45) is 0 Å². The Bertz CT molecular complexity index is 796. The Morgan fingerprint density at radius 3 is 2.22 bits per heavy atom. The summed E-state index contributed by atoms with van der Waals surface area (Å²) in [5, 5.41) is 22.2. The molecule has 0 spiro atoms. The summed E-state index contributed by atoms with van der Waals surface area (Å²) in [6.45, 7) is 0. The summed E-state index contributed by atoms with van der Waals surface area (Å²) in [5.41, 5.74) is -3.32. The Kier molecular flexibility index (Phi) is 4.22. The summed E-state index contributed by atoms with van der Waals surface area (Å²) in [4.78, 5) is 21.0. The molecule has 0 amide bonds. The number of benzene rings is 1. The maximum absolute atomic E-state index is 12.7. The van der Waals surface area contributed by atoms with Crippen LogP contribution in [0.3, 0.4) is 0 Å². The maximum atomic E-state index is 12.7. The second-order valence-corrected chi connectivity index (χ2v) is 4.95. The summed E-state index contributed by atoms with van der Waals surface area (Å²) < 4.78 is 38.5. The van der Waals surface area contributed by atoms with Crippen molar-refractivity contribution >= 4 is 34.9 Å². The van der Waals surface area contributed by atoms with E-state index >= 15 is 0 Å². The first kappa shape index (κ1) is 17.0. The molecule has 12 heteroatoms. The van der Waals surface area contributed by atoms with Crippen LogP contribution in [0.5, 0.6) is 0 Å². The third-order valence-corrected chi connectivity index (χ3v) is 3.28. The third kappa shape index (κ3) is 3.08. The largest absolute Gasteiger partial charge is 0.476 e. The molecule has 2 rings (SSSR count). The number of hydrogen-bond acceptors (Lipinski definition) is 4. The number of carboxylic acids is 1. The minimum Gasteiger partial charge on any atom is -0.476 e. The molecule has 0 atom stereocenters. The van der Waals surface area contributed by atoms with Gasteiger partial charge in [0.05, 0.1) is 20.5 Å². The molecule has 0 radical (unpaired) electrons. The van der Waals surface area contributed by atoms with Crippen LogP contribution < -0.4 is 0 Å². The number of aromatic carboxylic acids is 1. The fraction of sp³-hybridized carbons (Fsp3) is 0.0909. The minimum absolute atomic E-state index is 0.410. The van der Waals surface area contributed by atoms with E-state index in [4.69, 9.17) is 28.3 Å². The van der Waals surface area contributed by atoms with Crippen LogP contribution in [0.2, 0.25) is 10.0 Å². The van der Waals surface area contributed by atoms with Crippen molar-refractivity contribution in [1.29, 1.82) is 0 Å². The topological polar surface area (TPSA) is 98.3 Å². The zero-order valence-electron chi connectivity index (χ0n) is 10.6. The second-order valence-electron chi connectivity index (χ2n) is 4.14. The number of nitrogens with zero attached hydrogens (tertiary/aromatic N) is 3. The monoisotopic (exact) mass is 369 g/mol. The predicted octanol–water partition coefficient (Wildman–Crippen LogP) is 3.80. The highest BCUT2D eigenvalue weighted by Crippen LogP contribution is 2.38. The number of halogens is 5. The van der Waals surface area contributed by atoms with Gasteiger partial charge in [-0.2, -0.15) is 18.3 Å². The van der Waals surface area contributed by atoms with Crippen molar-refractivity contribution in [3.63, 3.8) is 0 Å². The molecule has 0 saturated heterocycles. The number of nitro groups is 1. The average molecular weight is 370 g/mol. The van der Waals surface area contributed by atoms with E-state index in [0.717, 1.165) is 0 Å². The fourth-order valence-electron chi connectivity index (χ4n) is 1.77. The second kappa shape index (κ2) is 5.70. The highest BCUT2D eigenvalue weighted by molar-refractivity contribution is 6.38. The van der Waals surface area contributed by atoms with Gasteiger partial charge in [-0.3, -0.25) is 10.1 Å². The molecule has 2 aromatic rings. The van der Waals surface area contributed by atoms with Gasteiger partial charge in [-0.25, -0.2) is 9.48 Å². The summed E-state index contributed by atoms with van der Waals surface area (Å²) >= 11 is 11.5. The quantitative estimate of drug-likeness (QED) is 0.655. The maximum Gasteiger partial charge on any atom is 0.416 e. The summed E-state index contributed by atoms with van der Waals surface area (Å²) in [6.07, 6.45) is -4.09. The molecule has 0 bridgehead atoms. The lowest BCUT2D eigenvalue weighted by Gasteiger charge is -2.13. The Morgan fingerprint density at radius 2 is 1.83 bits per heavy atom. The van der Waals surface area contributed by atoms with Crippen LogP contribution in [0, 0.1) is 10.1 Å². The summed E-state index contributed by atoms with van der Waals surface area (Å²) in [5.74, 6) is -1.72. The molecule has 1 N–H and O–H groups in total. The molecule has 0 fully saturated rings. The first-order chi connectivity index (χ1) is 10.5. The molecule has 1 aromatic carbocycles. The van der Waals surface area contributed by atoms with Crippen molar-refractivity contribution < 1.29 is 28.0 Å². The number of rotatable bonds is 3. The lowest BCUT2D eigenvalue weighted by molar-refractivity contribution is -0.385. The van der Waals surface area contributed by atoms with Crippen LogP contribution in [-0.4, -0.2) is 25.8 Å². The van der Waals surface area contributed by atoms with Gasteiger partial charge in [-0.1, -0.05) is 23.2 Å². The van der Waals surface area contributed by atoms with Crippen LogP contribution in [0.1, 0.15) is 16.1 Å². The van der Waals surface area contributed by atoms with Crippen LogP contribution in [-0.2, 0) is 6.18 Å². The van der Waals surface area contributed by atoms with Gasteiger partial charge in [0.25, 0.3) is 0 Å². The highest BCUT2D eigenvalue weighted by Gasteiger charge is 2.34. The smallest absolute Gasteiger partial charge is 0.416 e. The summed E-state index contributed by atoms with van der Waals surface area (Å²) in [7, 11) is 0. The first-order valence-electron chi connectivity index (χ1n) is 5.56. The van der Waals surface area contributed by atoms with E-state index in [1.165, 1.54) is 0 Å². The lowest BCUT2D eigenvalue weighted by Crippen LogP contribution is -2.12. The van der Waals surface area contributed by atoms with Crippen LogP contribution in [0.4, 0.5) is 18.9 Å². The molecular formula is C11H4Cl2F3N3O4. The zero-order chi connectivity index (χ0) is 17.5. The Morgan fingerprint density at radius 1 is 1.30 bits per heavy atom. The summed E-state index contributed by atoms with van der Waals surface area (Å²) in [6, 6.07) is 1.03. The van der Waals surface area contributed by atoms with Gasteiger partial charge in [0.2, 0.25) is 5.69 Å². The molecule has 0 aliphatic carbocycles. The highest BCUT2D eigenvalue weighted by atomic mass is 35.5. The number of carbonyl (C=O) groups is 1. The van der Waals surface area contributed by atoms with Gasteiger partial charge in [-0.15, -0.1) is 0 Å². The van der Waals surface area contributed by atoms with Crippen molar-refractivity contribution in [1.82, 2.24) is 9.78 Å². The van der Waals surface area contributed by atoms with Crippen molar-refractivity contribution in [2.75, 3.05) is 0 Å². The average Bonchev–Trinajstić information content (AvgIpc) is 2.81. The van der Waals surface area contributed by atoms with Gasteiger partial charge >= 0.3 is 17.8 Å². The fourth-order valence-corrected chi connectivity index (χ4v) is 2.42.